The molecule has 1 aliphatic rings. The molecule has 0 aromatic heterocycles. The van der Waals surface area contributed by atoms with E-state index in [1.54, 1.807) is 0 Å². The minimum Gasteiger partial charge on any atom is -0.481 e. The molecule has 1 heterocycles. The SMILES string of the molecule is CCCN(C(=O)NCC(=O)NC)C1COCC1C(=O)O. The third-order valence-electron chi connectivity index (χ3n) is 3.17. The van der Waals surface area contributed by atoms with Crippen LogP contribution < -0.4 is 10.6 Å². The van der Waals surface area contributed by atoms with Crippen molar-refractivity contribution in [2.24, 2.45) is 5.92 Å². The Morgan fingerprint density at radius 1 is 1.35 bits per heavy atom. The van der Waals surface area contributed by atoms with E-state index in [-0.39, 0.29) is 25.7 Å². The van der Waals surface area contributed by atoms with Crippen LogP contribution in [0.3, 0.4) is 0 Å². The average Bonchev–Trinajstić information content (AvgIpc) is 2.90. The van der Waals surface area contributed by atoms with Gasteiger partial charge in [0.05, 0.1) is 25.8 Å². The number of ether oxygens (including phenoxy) is 1. The molecule has 0 saturated carbocycles. The van der Waals surface area contributed by atoms with Gasteiger partial charge in [-0.2, -0.15) is 0 Å². The van der Waals surface area contributed by atoms with Gasteiger partial charge < -0.3 is 25.4 Å². The van der Waals surface area contributed by atoms with E-state index in [4.69, 9.17) is 9.84 Å². The Morgan fingerprint density at radius 2 is 2.05 bits per heavy atom. The van der Waals surface area contributed by atoms with Crippen molar-refractivity contribution in [1.82, 2.24) is 15.5 Å². The minimum absolute atomic E-state index is 0.100. The molecule has 114 valence electrons. The third kappa shape index (κ3) is 4.09. The van der Waals surface area contributed by atoms with Gasteiger partial charge >= 0.3 is 12.0 Å². The Hall–Kier alpha value is -1.83. The van der Waals surface area contributed by atoms with Crippen LogP contribution >= 0.6 is 0 Å². The Balaban J connectivity index is 2.69. The van der Waals surface area contributed by atoms with Gasteiger partial charge in [-0.05, 0) is 6.42 Å². The van der Waals surface area contributed by atoms with Gasteiger partial charge in [-0.25, -0.2) is 4.79 Å². The lowest BCUT2D eigenvalue weighted by molar-refractivity contribution is -0.142. The molecule has 0 spiro atoms. The van der Waals surface area contributed by atoms with Crippen molar-refractivity contribution < 1.29 is 24.2 Å². The molecule has 2 atom stereocenters. The van der Waals surface area contributed by atoms with Crippen LogP contribution in [0.1, 0.15) is 13.3 Å². The summed E-state index contributed by atoms with van der Waals surface area (Å²) in [7, 11) is 1.48. The molecule has 1 fully saturated rings. The van der Waals surface area contributed by atoms with E-state index in [0.717, 1.165) is 0 Å². The number of hydrogen-bond acceptors (Lipinski definition) is 4. The van der Waals surface area contributed by atoms with Gasteiger partial charge in [0.1, 0.15) is 5.92 Å². The fourth-order valence-corrected chi connectivity index (χ4v) is 2.09. The molecule has 0 aromatic carbocycles. The van der Waals surface area contributed by atoms with E-state index in [9.17, 15) is 14.4 Å². The lowest BCUT2D eigenvalue weighted by Crippen LogP contribution is -2.52. The van der Waals surface area contributed by atoms with Crippen molar-refractivity contribution in [3.63, 3.8) is 0 Å². The van der Waals surface area contributed by atoms with E-state index in [2.05, 4.69) is 10.6 Å². The molecule has 1 saturated heterocycles. The normalized spacial score (nSPS) is 21.3. The molecule has 0 aromatic rings. The highest BCUT2D eigenvalue weighted by molar-refractivity contribution is 5.84. The maximum atomic E-state index is 12.1. The van der Waals surface area contributed by atoms with E-state index in [1.807, 2.05) is 6.92 Å². The topological polar surface area (TPSA) is 108 Å². The van der Waals surface area contributed by atoms with Crippen molar-refractivity contribution >= 4 is 17.9 Å². The van der Waals surface area contributed by atoms with Crippen molar-refractivity contribution in [3.05, 3.63) is 0 Å². The van der Waals surface area contributed by atoms with Gasteiger partial charge in [0.25, 0.3) is 0 Å². The molecular formula is C12H21N3O5. The lowest BCUT2D eigenvalue weighted by Gasteiger charge is -2.30. The number of amides is 3. The second-order valence-corrected chi connectivity index (χ2v) is 4.57. The van der Waals surface area contributed by atoms with Crippen LogP contribution in [0, 0.1) is 5.92 Å². The maximum absolute atomic E-state index is 12.1. The molecule has 0 bridgehead atoms. The summed E-state index contributed by atoms with van der Waals surface area (Å²) in [6.45, 7) is 2.47. The summed E-state index contributed by atoms with van der Waals surface area (Å²) in [6.07, 6.45) is 0.691. The first kappa shape index (κ1) is 16.2. The molecule has 1 rings (SSSR count). The van der Waals surface area contributed by atoms with E-state index >= 15 is 0 Å². The number of hydrogen-bond donors (Lipinski definition) is 3. The fourth-order valence-electron chi connectivity index (χ4n) is 2.09. The maximum Gasteiger partial charge on any atom is 0.318 e. The van der Waals surface area contributed by atoms with Crippen LogP contribution in [-0.2, 0) is 14.3 Å². The van der Waals surface area contributed by atoms with Gasteiger partial charge in [-0.1, -0.05) is 6.92 Å². The summed E-state index contributed by atoms with van der Waals surface area (Å²) in [5, 5.41) is 14.0. The molecule has 0 radical (unpaired) electrons. The summed E-state index contributed by atoms with van der Waals surface area (Å²) in [5.41, 5.74) is 0. The lowest BCUT2D eigenvalue weighted by atomic mass is 10.0. The highest BCUT2D eigenvalue weighted by atomic mass is 16.5. The Bertz CT molecular complexity index is 374. The zero-order valence-corrected chi connectivity index (χ0v) is 11.7. The molecule has 1 aliphatic heterocycles. The number of likely N-dealkylation sites (N-methyl/N-ethyl adjacent to an activating group) is 1. The monoisotopic (exact) mass is 287 g/mol. The van der Waals surface area contributed by atoms with E-state index in [1.165, 1.54) is 11.9 Å². The zero-order chi connectivity index (χ0) is 15.1. The smallest absolute Gasteiger partial charge is 0.318 e. The first-order valence-corrected chi connectivity index (χ1v) is 6.56. The van der Waals surface area contributed by atoms with Crippen LogP contribution in [0.25, 0.3) is 0 Å². The number of rotatable bonds is 6. The van der Waals surface area contributed by atoms with Gasteiger partial charge in [0.2, 0.25) is 5.91 Å². The number of nitrogens with zero attached hydrogens (tertiary/aromatic N) is 1. The van der Waals surface area contributed by atoms with E-state index < -0.39 is 24.0 Å². The van der Waals surface area contributed by atoms with Gasteiger partial charge in [0.15, 0.2) is 0 Å². The van der Waals surface area contributed by atoms with Gasteiger partial charge in [-0.15, -0.1) is 0 Å². The summed E-state index contributed by atoms with van der Waals surface area (Å²) < 4.78 is 5.17. The molecule has 20 heavy (non-hydrogen) atoms. The summed E-state index contributed by atoms with van der Waals surface area (Å²) in [6, 6.07) is -0.950. The third-order valence-corrected chi connectivity index (χ3v) is 3.17. The van der Waals surface area contributed by atoms with Gasteiger partial charge in [-0.3, -0.25) is 9.59 Å². The predicted octanol–water partition coefficient (Wildman–Crippen LogP) is -0.746. The molecule has 8 heteroatoms. The Labute approximate surface area is 117 Å². The highest BCUT2D eigenvalue weighted by Gasteiger charge is 2.39. The second-order valence-electron chi connectivity index (χ2n) is 4.57. The van der Waals surface area contributed by atoms with Crippen molar-refractivity contribution in [2.75, 3.05) is 33.4 Å². The van der Waals surface area contributed by atoms with Crippen LogP contribution in [-0.4, -0.2) is 67.3 Å². The number of carbonyl (C=O) groups excluding carboxylic acids is 2. The fraction of sp³-hybridized carbons (Fsp3) is 0.750. The average molecular weight is 287 g/mol. The minimum atomic E-state index is -0.979. The zero-order valence-electron chi connectivity index (χ0n) is 11.7. The standard InChI is InChI=1S/C12H21N3O5/c1-3-4-15(12(19)14-5-10(16)13-2)9-7-20-6-8(9)11(17)18/h8-9H,3-7H2,1-2H3,(H,13,16)(H,14,19)(H,17,18). The quantitative estimate of drug-likeness (QED) is 0.596. The largest absolute Gasteiger partial charge is 0.481 e. The first-order chi connectivity index (χ1) is 9.51. The van der Waals surface area contributed by atoms with Crippen molar-refractivity contribution in [3.8, 4) is 0 Å². The predicted molar refractivity (Wildman–Crippen MR) is 70.2 cm³/mol. The number of nitrogens with one attached hydrogen (secondary N) is 2. The van der Waals surface area contributed by atoms with E-state index in [0.29, 0.717) is 13.0 Å². The molecule has 3 N–H and O–H groups in total. The van der Waals surface area contributed by atoms with Crippen LogP contribution in [0.2, 0.25) is 0 Å². The summed E-state index contributed by atoms with van der Waals surface area (Å²) in [5.74, 6) is -2.02. The van der Waals surface area contributed by atoms with Crippen LogP contribution in [0.5, 0.6) is 0 Å². The number of carboxylic acid groups (broad SMARTS) is 1. The second kappa shape index (κ2) is 7.68. The Kier molecular flexibility index (Phi) is 6.23. The number of carboxylic acids is 1. The van der Waals surface area contributed by atoms with Crippen LogP contribution in [0.4, 0.5) is 4.79 Å². The molecule has 3 amide bonds. The van der Waals surface area contributed by atoms with Crippen molar-refractivity contribution in [2.45, 2.75) is 19.4 Å². The molecule has 8 nitrogen and oxygen atoms in total. The number of urea groups is 1. The highest BCUT2D eigenvalue weighted by Crippen LogP contribution is 2.20. The first-order valence-electron chi connectivity index (χ1n) is 6.56. The Morgan fingerprint density at radius 3 is 2.60 bits per heavy atom. The van der Waals surface area contributed by atoms with Crippen molar-refractivity contribution in [1.29, 1.82) is 0 Å². The number of carbonyl (C=O) groups is 3. The summed E-state index contributed by atoms with van der Waals surface area (Å²) >= 11 is 0. The summed E-state index contributed by atoms with van der Waals surface area (Å²) in [4.78, 5) is 35.8. The van der Waals surface area contributed by atoms with Crippen LogP contribution in [0.15, 0.2) is 0 Å². The molecule has 0 aliphatic carbocycles. The molecular weight excluding hydrogens is 266 g/mol. The number of aliphatic carboxylic acids is 1. The van der Waals surface area contributed by atoms with Gasteiger partial charge in [0, 0.05) is 13.6 Å². The molecule has 2 unspecified atom stereocenters.